The van der Waals surface area contributed by atoms with Crippen molar-refractivity contribution in [1.29, 1.82) is 0 Å². The Morgan fingerprint density at radius 2 is 1.04 bits per heavy atom. The van der Waals surface area contributed by atoms with E-state index < -0.39 is 0 Å². The zero-order valence-corrected chi connectivity index (χ0v) is 31.8. The maximum Gasteiger partial charge on any atom is 0.164 e. The minimum absolute atomic E-state index is 0.629. The summed E-state index contributed by atoms with van der Waals surface area (Å²) in [6, 6.07) is 59.1. The summed E-state index contributed by atoms with van der Waals surface area (Å²) in [5, 5.41) is 7.79. The highest BCUT2D eigenvalue weighted by molar-refractivity contribution is 7.26. The van der Waals surface area contributed by atoms with E-state index in [1.807, 2.05) is 84.1 Å². The molecular formula is C50H28N4OS2. The number of hydrogen-bond acceptors (Lipinski definition) is 7. The number of thiazole rings is 1. The second-order valence-electron chi connectivity index (χ2n) is 14.2. The fraction of sp³-hybridized carbons (Fsp3) is 0. The highest BCUT2D eigenvalue weighted by Gasteiger charge is 2.22. The molecule has 4 aromatic heterocycles. The third-order valence-electron chi connectivity index (χ3n) is 10.7. The zero-order chi connectivity index (χ0) is 37.5. The Morgan fingerprint density at radius 1 is 0.386 bits per heavy atom. The summed E-state index contributed by atoms with van der Waals surface area (Å²) in [7, 11) is 0. The Hall–Kier alpha value is -7.06. The fourth-order valence-corrected chi connectivity index (χ4v) is 10.3. The first-order valence-corrected chi connectivity index (χ1v) is 20.4. The maximum atomic E-state index is 6.33. The van der Waals surface area contributed by atoms with Gasteiger partial charge in [-0.05, 0) is 58.8 Å². The van der Waals surface area contributed by atoms with Gasteiger partial charge in [0.15, 0.2) is 17.5 Å². The lowest BCUT2D eigenvalue weighted by Crippen LogP contribution is -2.00. The average molecular weight is 765 g/mol. The van der Waals surface area contributed by atoms with Gasteiger partial charge in [0.2, 0.25) is 0 Å². The van der Waals surface area contributed by atoms with Crippen LogP contribution in [0, 0.1) is 0 Å². The van der Waals surface area contributed by atoms with E-state index in [0.29, 0.717) is 17.5 Å². The monoisotopic (exact) mass is 764 g/mol. The first kappa shape index (κ1) is 32.2. The third kappa shape index (κ3) is 5.28. The molecule has 8 aromatic carbocycles. The largest absolute Gasteiger partial charge is 0.456 e. The van der Waals surface area contributed by atoms with Crippen molar-refractivity contribution in [2.45, 2.75) is 0 Å². The van der Waals surface area contributed by atoms with E-state index in [1.54, 1.807) is 11.3 Å². The quantitative estimate of drug-likeness (QED) is 0.175. The number of para-hydroxylation sites is 1. The van der Waals surface area contributed by atoms with Gasteiger partial charge in [-0.1, -0.05) is 127 Å². The van der Waals surface area contributed by atoms with E-state index >= 15 is 0 Å². The van der Waals surface area contributed by atoms with Gasteiger partial charge in [-0.15, -0.1) is 22.7 Å². The van der Waals surface area contributed by atoms with E-state index in [-0.39, 0.29) is 0 Å². The molecule has 12 rings (SSSR count). The Labute approximate surface area is 334 Å². The number of rotatable bonds is 5. The second kappa shape index (κ2) is 12.7. The number of fused-ring (bicyclic) bond motifs is 9. The number of hydrogen-bond donors (Lipinski definition) is 0. The predicted molar refractivity (Wildman–Crippen MR) is 238 cm³/mol. The lowest BCUT2D eigenvalue weighted by molar-refractivity contribution is 0.669. The zero-order valence-electron chi connectivity index (χ0n) is 30.2. The van der Waals surface area contributed by atoms with E-state index in [2.05, 4.69) is 97.1 Å². The summed E-state index contributed by atoms with van der Waals surface area (Å²) in [6.45, 7) is 0. The number of thiophene rings is 1. The summed E-state index contributed by atoms with van der Waals surface area (Å²) < 4.78 is 9.92. The van der Waals surface area contributed by atoms with Gasteiger partial charge in [0.1, 0.15) is 16.2 Å². The normalized spacial score (nSPS) is 11.9. The van der Waals surface area contributed by atoms with E-state index in [4.69, 9.17) is 24.4 Å². The van der Waals surface area contributed by atoms with Crippen LogP contribution in [0.5, 0.6) is 0 Å². The van der Waals surface area contributed by atoms with Crippen LogP contribution in [0.4, 0.5) is 0 Å². The van der Waals surface area contributed by atoms with Crippen LogP contribution in [0.25, 0.3) is 119 Å². The number of furan rings is 1. The van der Waals surface area contributed by atoms with Crippen LogP contribution in [-0.2, 0) is 0 Å². The molecule has 57 heavy (non-hydrogen) atoms. The summed E-state index contributed by atoms with van der Waals surface area (Å²) in [6.07, 6.45) is 0. The lowest BCUT2D eigenvalue weighted by atomic mass is 9.95. The molecule has 7 heteroatoms. The molecule has 0 radical (unpaired) electrons. The van der Waals surface area contributed by atoms with Crippen molar-refractivity contribution in [3.63, 3.8) is 0 Å². The SMILES string of the molecule is c1ccc(-c2nc(-c3ccccc3)nc(-c3cc(-c4cc5sc6ccccc6c5c5nc(-c6ccc7c(c6)oc6ccccc67)sc45)cc4ccccc34)n2)cc1. The molecule has 0 amide bonds. The average Bonchev–Trinajstić information content (AvgIpc) is 3.99. The molecule has 0 unspecified atom stereocenters. The van der Waals surface area contributed by atoms with Crippen molar-refractivity contribution < 1.29 is 4.42 Å². The Balaban J connectivity index is 1.11. The molecule has 0 atom stereocenters. The van der Waals surface area contributed by atoms with Crippen molar-refractivity contribution >= 4 is 85.8 Å². The van der Waals surface area contributed by atoms with Crippen LogP contribution < -0.4 is 0 Å². The van der Waals surface area contributed by atoms with Crippen molar-refractivity contribution in [1.82, 2.24) is 19.9 Å². The second-order valence-corrected chi connectivity index (χ2v) is 16.3. The number of benzene rings is 8. The Kier molecular flexibility index (Phi) is 7.20. The molecule has 0 fully saturated rings. The molecule has 0 saturated carbocycles. The van der Waals surface area contributed by atoms with Gasteiger partial charge in [-0.2, -0.15) is 0 Å². The molecule has 0 spiro atoms. The van der Waals surface area contributed by atoms with Crippen LogP contribution in [-0.4, -0.2) is 19.9 Å². The summed E-state index contributed by atoms with van der Waals surface area (Å²) in [4.78, 5) is 20.8. The molecule has 0 aliphatic heterocycles. The van der Waals surface area contributed by atoms with Gasteiger partial charge in [0, 0.05) is 58.8 Å². The molecule has 5 nitrogen and oxygen atoms in total. The van der Waals surface area contributed by atoms with E-state index in [1.165, 1.54) is 20.2 Å². The van der Waals surface area contributed by atoms with Crippen molar-refractivity contribution in [3.8, 4) is 55.9 Å². The van der Waals surface area contributed by atoms with Gasteiger partial charge in [0.05, 0.1) is 10.2 Å². The smallest absolute Gasteiger partial charge is 0.164 e. The van der Waals surface area contributed by atoms with Gasteiger partial charge >= 0.3 is 0 Å². The molecule has 0 saturated heterocycles. The molecular weight excluding hydrogens is 737 g/mol. The highest BCUT2D eigenvalue weighted by atomic mass is 32.1. The summed E-state index contributed by atoms with van der Waals surface area (Å²) >= 11 is 3.55. The van der Waals surface area contributed by atoms with Gasteiger partial charge in [-0.25, -0.2) is 19.9 Å². The molecule has 0 aliphatic rings. The predicted octanol–water partition coefficient (Wildman–Crippen LogP) is 14.2. The topological polar surface area (TPSA) is 64.7 Å². The molecule has 0 aliphatic carbocycles. The summed E-state index contributed by atoms with van der Waals surface area (Å²) in [5.41, 5.74) is 8.83. The first-order valence-electron chi connectivity index (χ1n) is 18.8. The number of aromatic nitrogens is 4. The first-order chi connectivity index (χ1) is 28.2. The minimum Gasteiger partial charge on any atom is -0.456 e. The molecule has 12 aromatic rings. The number of nitrogens with zero attached hydrogens (tertiary/aromatic N) is 4. The molecule has 4 heterocycles. The minimum atomic E-state index is 0.629. The Bertz CT molecular complexity index is 3470. The fourth-order valence-electron chi connectivity index (χ4n) is 8.06. The van der Waals surface area contributed by atoms with Crippen LogP contribution in [0.3, 0.4) is 0 Å². The molecule has 0 N–H and O–H groups in total. The maximum absolute atomic E-state index is 6.33. The van der Waals surface area contributed by atoms with Gasteiger partial charge in [0.25, 0.3) is 0 Å². The lowest BCUT2D eigenvalue weighted by Gasteiger charge is -2.13. The standard InChI is InChI=1S/C50H28N4OS2/c1-3-13-29(14-4-1)47-52-48(30-15-5-2-6-16-30)54-49(53-47)39-26-33(25-31-17-7-8-18-34(31)39)38-28-43-44(37-20-10-12-22-42(37)56-43)45-46(38)57-50(51-45)32-23-24-36-35-19-9-11-21-40(35)55-41(36)27-32/h1-28H. The van der Waals surface area contributed by atoms with Crippen LogP contribution in [0.15, 0.2) is 174 Å². The van der Waals surface area contributed by atoms with Crippen molar-refractivity contribution in [2.75, 3.05) is 0 Å². The molecule has 266 valence electrons. The van der Waals surface area contributed by atoms with Crippen LogP contribution >= 0.6 is 22.7 Å². The van der Waals surface area contributed by atoms with Gasteiger partial charge in [-0.3, -0.25) is 0 Å². The highest BCUT2D eigenvalue weighted by Crippen LogP contribution is 2.47. The third-order valence-corrected chi connectivity index (χ3v) is 13.0. The van der Waals surface area contributed by atoms with Crippen molar-refractivity contribution in [3.05, 3.63) is 170 Å². The van der Waals surface area contributed by atoms with E-state index in [0.717, 1.165) is 81.3 Å². The van der Waals surface area contributed by atoms with Gasteiger partial charge < -0.3 is 4.42 Å². The van der Waals surface area contributed by atoms with E-state index in [9.17, 15) is 0 Å². The van der Waals surface area contributed by atoms with Crippen LogP contribution in [0.1, 0.15) is 0 Å². The van der Waals surface area contributed by atoms with Crippen LogP contribution in [0.2, 0.25) is 0 Å². The summed E-state index contributed by atoms with van der Waals surface area (Å²) in [5.74, 6) is 1.90. The molecule has 0 bridgehead atoms. The van der Waals surface area contributed by atoms with Crippen molar-refractivity contribution in [2.24, 2.45) is 0 Å². The Morgan fingerprint density at radius 3 is 1.82 bits per heavy atom.